The molecule has 0 atom stereocenters. The molecule has 0 N–H and O–H groups in total. The fourth-order valence-corrected chi connectivity index (χ4v) is 0.935. The third-order valence-corrected chi connectivity index (χ3v) is 1.36. The summed E-state index contributed by atoms with van der Waals surface area (Å²) in [6, 6.07) is 4.16. The van der Waals surface area contributed by atoms with Crippen molar-refractivity contribution in [2.45, 2.75) is 12.6 Å². The highest BCUT2D eigenvalue weighted by molar-refractivity contribution is 6.29. The lowest BCUT2D eigenvalue weighted by atomic mass is 10.3. The summed E-state index contributed by atoms with van der Waals surface area (Å²) in [5.74, 6) is 0. The molecular formula is C7H5ClF3N. The quantitative estimate of drug-likeness (QED) is 0.628. The predicted molar refractivity (Wildman–Crippen MR) is 39.0 cm³/mol. The van der Waals surface area contributed by atoms with E-state index in [-0.39, 0.29) is 10.8 Å². The maximum Gasteiger partial charge on any atom is 0.394 e. The highest BCUT2D eigenvalue weighted by Gasteiger charge is 2.28. The Bertz CT molecular complexity index is 272. The minimum Gasteiger partial charge on any atom is -0.241 e. The van der Waals surface area contributed by atoms with Crippen molar-refractivity contribution in [3.8, 4) is 0 Å². The van der Waals surface area contributed by atoms with Gasteiger partial charge in [-0.2, -0.15) is 13.2 Å². The van der Waals surface area contributed by atoms with Gasteiger partial charge in [0.2, 0.25) is 0 Å². The summed E-state index contributed by atoms with van der Waals surface area (Å²) in [4.78, 5) is 3.50. The van der Waals surface area contributed by atoms with Gasteiger partial charge < -0.3 is 0 Å². The first-order valence-corrected chi connectivity index (χ1v) is 3.53. The van der Waals surface area contributed by atoms with Crippen molar-refractivity contribution in [2.24, 2.45) is 0 Å². The molecule has 0 aliphatic carbocycles. The third kappa shape index (κ3) is 3.09. The summed E-state index contributed by atoms with van der Waals surface area (Å²) < 4.78 is 35.4. The number of hydrogen-bond donors (Lipinski definition) is 0. The fourth-order valence-electron chi connectivity index (χ4n) is 0.754. The molecule has 66 valence electrons. The van der Waals surface area contributed by atoms with Crippen LogP contribution in [0, 0.1) is 0 Å². The Hall–Kier alpha value is -0.770. The Balaban J connectivity index is 2.77. The van der Waals surface area contributed by atoms with E-state index < -0.39 is 12.6 Å². The molecule has 1 aromatic rings. The van der Waals surface area contributed by atoms with Crippen molar-refractivity contribution in [2.75, 3.05) is 0 Å². The zero-order valence-corrected chi connectivity index (χ0v) is 6.65. The van der Waals surface area contributed by atoms with Gasteiger partial charge in [-0.3, -0.25) is 0 Å². The summed E-state index contributed by atoms with van der Waals surface area (Å²) in [6.45, 7) is 0. The topological polar surface area (TPSA) is 12.9 Å². The standard InChI is InChI=1S/C7H5ClF3N/c8-6-3-1-2-5(12-6)4-7(9,10)11/h1-3H,4H2. The molecular weight excluding hydrogens is 191 g/mol. The lowest BCUT2D eigenvalue weighted by Crippen LogP contribution is -2.12. The van der Waals surface area contributed by atoms with Gasteiger partial charge in [0.15, 0.2) is 0 Å². The molecule has 0 radical (unpaired) electrons. The van der Waals surface area contributed by atoms with Crippen LogP contribution < -0.4 is 0 Å². The molecule has 0 aliphatic rings. The molecule has 0 fully saturated rings. The van der Waals surface area contributed by atoms with E-state index in [1.54, 1.807) is 0 Å². The number of pyridine rings is 1. The van der Waals surface area contributed by atoms with Crippen LogP contribution in [0.5, 0.6) is 0 Å². The molecule has 1 aromatic heterocycles. The van der Waals surface area contributed by atoms with Crippen LogP contribution in [0.1, 0.15) is 5.69 Å². The number of hydrogen-bond acceptors (Lipinski definition) is 1. The van der Waals surface area contributed by atoms with Crippen LogP contribution in [0.2, 0.25) is 5.15 Å². The molecule has 0 bridgehead atoms. The molecule has 0 aliphatic heterocycles. The number of aromatic nitrogens is 1. The molecule has 5 heteroatoms. The molecule has 1 heterocycles. The first kappa shape index (κ1) is 9.32. The van der Waals surface area contributed by atoms with Gasteiger partial charge in [0.1, 0.15) is 5.15 Å². The minimum atomic E-state index is -4.22. The normalized spacial score (nSPS) is 11.7. The lowest BCUT2D eigenvalue weighted by molar-refractivity contribution is -0.127. The van der Waals surface area contributed by atoms with Crippen molar-refractivity contribution < 1.29 is 13.2 Å². The average molecular weight is 196 g/mol. The van der Waals surface area contributed by atoms with Gasteiger partial charge in [-0.05, 0) is 12.1 Å². The Morgan fingerprint density at radius 3 is 2.50 bits per heavy atom. The van der Waals surface area contributed by atoms with Crippen molar-refractivity contribution in [1.29, 1.82) is 0 Å². The van der Waals surface area contributed by atoms with Crippen molar-refractivity contribution in [3.05, 3.63) is 29.0 Å². The predicted octanol–water partition coefficient (Wildman–Crippen LogP) is 2.84. The highest BCUT2D eigenvalue weighted by atomic mass is 35.5. The van der Waals surface area contributed by atoms with E-state index >= 15 is 0 Å². The molecule has 0 unspecified atom stereocenters. The van der Waals surface area contributed by atoms with Gasteiger partial charge in [0, 0.05) is 0 Å². The van der Waals surface area contributed by atoms with E-state index in [4.69, 9.17) is 11.6 Å². The van der Waals surface area contributed by atoms with Gasteiger partial charge >= 0.3 is 6.18 Å². The first-order chi connectivity index (χ1) is 5.47. The molecule has 1 nitrogen and oxygen atoms in total. The smallest absolute Gasteiger partial charge is 0.241 e. The van der Waals surface area contributed by atoms with Gasteiger partial charge in [0.05, 0.1) is 12.1 Å². The number of nitrogens with zero attached hydrogens (tertiary/aromatic N) is 1. The fraction of sp³-hybridized carbons (Fsp3) is 0.286. The van der Waals surface area contributed by atoms with Crippen LogP contribution in [-0.2, 0) is 6.42 Å². The molecule has 0 saturated carbocycles. The van der Waals surface area contributed by atoms with Crippen molar-refractivity contribution >= 4 is 11.6 Å². The number of alkyl halides is 3. The van der Waals surface area contributed by atoms with E-state index in [0.29, 0.717) is 0 Å². The highest BCUT2D eigenvalue weighted by Crippen LogP contribution is 2.20. The molecule has 0 saturated heterocycles. The minimum absolute atomic E-state index is 0.0602. The SMILES string of the molecule is FC(F)(F)Cc1cccc(Cl)n1. The Kier molecular flexibility index (Phi) is 2.57. The van der Waals surface area contributed by atoms with Crippen LogP contribution in [-0.4, -0.2) is 11.2 Å². The monoisotopic (exact) mass is 195 g/mol. The van der Waals surface area contributed by atoms with Gasteiger partial charge in [-0.15, -0.1) is 0 Å². The van der Waals surface area contributed by atoms with E-state index in [0.717, 1.165) is 0 Å². The molecule has 0 amide bonds. The molecule has 1 rings (SSSR count). The maximum atomic E-state index is 11.8. The molecule has 0 aromatic carbocycles. The summed E-state index contributed by atoms with van der Waals surface area (Å²) >= 11 is 5.40. The Morgan fingerprint density at radius 2 is 2.00 bits per heavy atom. The van der Waals surface area contributed by atoms with Gasteiger partial charge in [0.25, 0.3) is 0 Å². The number of halogens is 4. The van der Waals surface area contributed by atoms with E-state index in [1.165, 1.54) is 18.2 Å². The molecule has 12 heavy (non-hydrogen) atoms. The van der Waals surface area contributed by atoms with Gasteiger partial charge in [-0.25, -0.2) is 4.98 Å². The summed E-state index contributed by atoms with van der Waals surface area (Å²) in [7, 11) is 0. The summed E-state index contributed by atoms with van der Waals surface area (Å²) in [5.41, 5.74) is -0.0602. The van der Waals surface area contributed by atoms with Crippen LogP contribution in [0.15, 0.2) is 18.2 Å². The van der Waals surface area contributed by atoms with Gasteiger partial charge in [-0.1, -0.05) is 17.7 Å². The van der Waals surface area contributed by atoms with E-state index in [1.807, 2.05) is 0 Å². The van der Waals surface area contributed by atoms with E-state index in [2.05, 4.69) is 4.98 Å². The summed E-state index contributed by atoms with van der Waals surface area (Å²) in [6.07, 6.45) is -5.26. The van der Waals surface area contributed by atoms with Crippen LogP contribution in [0.25, 0.3) is 0 Å². The van der Waals surface area contributed by atoms with Crippen molar-refractivity contribution in [1.82, 2.24) is 4.98 Å². The number of rotatable bonds is 1. The average Bonchev–Trinajstić information content (AvgIpc) is 1.82. The Morgan fingerprint density at radius 1 is 1.33 bits per heavy atom. The first-order valence-electron chi connectivity index (χ1n) is 3.15. The maximum absolute atomic E-state index is 11.8. The van der Waals surface area contributed by atoms with Crippen LogP contribution in [0.3, 0.4) is 0 Å². The second-order valence-electron chi connectivity index (χ2n) is 2.24. The second kappa shape index (κ2) is 3.31. The second-order valence-corrected chi connectivity index (χ2v) is 2.63. The van der Waals surface area contributed by atoms with Crippen LogP contribution >= 0.6 is 11.6 Å². The lowest BCUT2D eigenvalue weighted by Gasteiger charge is -2.04. The largest absolute Gasteiger partial charge is 0.394 e. The van der Waals surface area contributed by atoms with E-state index in [9.17, 15) is 13.2 Å². The zero-order valence-electron chi connectivity index (χ0n) is 5.90. The van der Waals surface area contributed by atoms with Crippen molar-refractivity contribution in [3.63, 3.8) is 0 Å². The van der Waals surface area contributed by atoms with Crippen LogP contribution in [0.4, 0.5) is 13.2 Å². The third-order valence-electron chi connectivity index (χ3n) is 1.15. The molecule has 0 spiro atoms. The Labute approximate surface area is 72.2 Å². The summed E-state index contributed by atoms with van der Waals surface area (Å²) in [5, 5.41) is 0.0803. The zero-order chi connectivity index (χ0) is 9.19.